The molecule has 0 heterocycles. The zero-order valence-corrected chi connectivity index (χ0v) is 17.2. The van der Waals surface area contributed by atoms with Crippen molar-refractivity contribution in [3.8, 4) is 0 Å². The normalized spacial score (nSPS) is 59.0. The van der Waals surface area contributed by atoms with Crippen LogP contribution in [0.15, 0.2) is 0 Å². The first-order valence-corrected chi connectivity index (χ1v) is 11.8. The second-order valence-electron chi connectivity index (χ2n) is 11.4. The van der Waals surface area contributed by atoms with Gasteiger partial charge in [-0.1, -0.05) is 20.3 Å². The van der Waals surface area contributed by atoms with Crippen LogP contribution in [0.1, 0.15) is 85.0 Å². The standard InChI is InChI=1S/C24H40O2/c1-4-9-24(26)11-8-16-15(13-24)5-6-18-17(16)7-10-23(3)21(14(2)25)19-12-20(19)22(18)23/h14-22,25-26H,4-13H2,1-3H3/t14?,15-,16+,17-,18-,19+,20-,21+,22-,23-,24-/m1/s1. The van der Waals surface area contributed by atoms with Gasteiger partial charge < -0.3 is 10.2 Å². The van der Waals surface area contributed by atoms with Crippen molar-refractivity contribution in [1.82, 2.24) is 0 Å². The Labute approximate surface area is 160 Å². The Hall–Kier alpha value is -0.0800. The van der Waals surface area contributed by atoms with Crippen LogP contribution in [0.4, 0.5) is 0 Å². The Morgan fingerprint density at radius 2 is 1.73 bits per heavy atom. The third-order valence-electron chi connectivity index (χ3n) is 10.2. The molecular weight excluding hydrogens is 320 g/mol. The van der Waals surface area contributed by atoms with Crippen LogP contribution in [-0.2, 0) is 0 Å². The van der Waals surface area contributed by atoms with E-state index >= 15 is 0 Å². The lowest BCUT2D eigenvalue weighted by Crippen LogP contribution is -2.52. The molecule has 2 heteroatoms. The van der Waals surface area contributed by atoms with Crippen LogP contribution >= 0.6 is 0 Å². The molecule has 5 aliphatic carbocycles. The molecule has 0 amide bonds. The lowest BCUT2D eigenvalue weighted by Gasteiger charge is -2.58. The summed E-state index contributed by atoms with van der Waals surface area (Å²) in [6.45, 7) is 6.82. The summed E-state index contributed by atoms with van der Waals surface area (Å²) in [6.07, 6.45) is 12.3. The molecule has 0 aromatic heterocycles. The van der Waals surface area contributed by atoms with Crippen molar-refractivity contribution in [1.29, 1.82) is 0 Å². The van der Waals surface area contributed by atoms with Gasteiger partial charge in [0.05, 0.1) is 11.7 Å². The van der Waals surface area contributed by atoms with Gasteiger partial charge in [-0.05, 0) is 117 Å². The van der Waals surface area contributed by atoms with Crippen LogP contribution in [0, 0.1) is 52.8 Å². The zero-order valence-electron chi connectivity index (χ0n) is 17.2. The molecule has 5 saturated carbocycles. The van der Waals surface area contributed by atoms with Gasteiger partial charge in [0, 0.05) is 0 Å². The Morgan fingerprint density at radius 3 is 2.46 bits per heavy atom. The van der Waals surface area contributed by atoms with Gasteiger partial charge in [-0.15, -0.1) is 0 Å². The maximum Gasteiger partial charge on any atom is 0.0650 e. The molecule has 0 aromatic rings. The highest BCUT2D eigenvalue weighted by Crippen LogP contribution is 2.75. The highest BCUT2D eigenvalue weighted by atomic mass is 16.3. The number of fused-ring (bicyclic) bond motifs is 7. The Bertz CT molecular complexity index is 558. The van der Waals surface area contributed by atoms with Gasteiger partial charge >= 0.3 is 0 Å². The molecule has 0 aromatic carbocycles. The summed E-state index contributed by atoms with van der Waals surface area (Å²) in [5, 5.41) is 21.5. The average Bonchev–Trinajstić information content (AvgIpc) is 3.27. The molecule has 0 spiro atoms. The van der Waals surface area contributed by atoms with Crippen LogP contribution in [-0.4, -0.2) is 21.9 Å². The third kappa shape index (κ3) is 2.43. The highest BCUT2D eigenvalue weighted by molar-refractivity contribution is 5.18. The zero-order chi connectivity index (χ0) is 18.3. The molecular formula is C24H40O2. The van der Waals surface area contributed by atoms with E-state index in [1.807, 2.05) is 0 Å². The predicted molar refractivity (Wildman–Crippen MR) is 105 cm³/mol. The topological polar surface area (TPSA) is 40.5 Å². The van der Waals surface area contributed by atoms with E-state index in [9.17, 15) is 10.2 Å². The summed E-state index contributed by atoms with van der Waals surface area (Å²) in [4.78, 5) is 0. The van der Waals surface area contributed by atoms with Gasteiger partial charge in [0.2, 0.25) is 0 Å². The van der Waals surface area contributed by atoms with Crippen LogP contribution in [0.3, 0.4) is 0 Å². The van der Waals surface area contributed by atoms with E-state index < -0.39 is 0 Å². The molecule has 2 nitrogen and oxygen atoms in total. The van der Waals surface area contributed by atoms with E-state index in [0.717, 1.165) is 67.1 Å². The molecule has 148 valence electrons. The molecule has 0 radical (unpaired) electrons. The molecule has 5 aliphatic rings. The quantitative estimate of drug-likeness (QED) is 0.741. The summed E-state index contributed by atoms with van der Waals surface area (Å²) >= 11 is 0. The number of hydrogen-bond acceptors (Lipinski definition) is 2. The highest BCUT2D eigenvalue weighted by Gasteiger charge is 2.70. The fraction of sp³-hybridized carbons (Fsp3) is 1.00. The Kier molecular flexibility index (Phi) is 4.12. The summed E-state index contributed by atoms with van der Waals surface area (Å²) in [7, 11) is 0. The number of aliphatic hydroxyl groups excluding tert-OH is 1. The third-order valence-corrected chi connectivity index (χ3v) is 10.2. The van der Waals surface area contributed by atoms with Gasteiger partial charge in [0.1, 0.15) is 0 Å². The SMILES string of the molecule is CCC[C@@]1(O)CC[C@H]2[C@H](CC[C@@H]3[C@@H]2CC[C@@]2(C)[C@H]3[C@@H]3C[C@@H]3[C@@H]2C(C)O)C1. The van der Waals surface area contributed by atoms with E-state index in [2.05, 4.69) is 20.8 Å². The van der Waals surface area contributed by atoms with Crippen molar-refractivity contribution in [3.05, 3.63) is 0 Å². The van der Waals surface area contributed by atoms with E-state index in [1.54, 1.807) is 0 Å². The summed E-state index contributed by atoms with van der Waals surface area (Å²) in [5.41, 5.74) is 0.0612. The van der Waals surface area contributed by atoms with Gasteiger partial charge in [-0.2, -0.15) is 0 Å². The van der Waals surface area contributed by atoms with Gasteiger partial charge in [-0.3, -0.25) is 0 Å². The van der Waals surface area contributed by atoms with Crippen molar-refractivity contribution in [2.75, 3.05) is 0 Å². The first-order chi connectivity index (χ1) is 12.4. The van der Waals surface area contributed by atoms with Crippen LogP contribution in [0.25, 0.3) is 0 Å². The molecule has 0 bridgehead atoms. The monoisotopic (exact) mass is 360 g/mol. The maximum atomic E-state index is 11.0. The maximum absolute atomic E-state index is 11.0. The van der Waals surface area contributed by atoms with E-state index in [-0.39, 0.29) is 11.7 Å². The van der Waals surface area contributed by atoms with Gasteiger partial charge in [0.15, 0.2) is 0 Å². The van der Waals surface area contributed by atoms with Gasteiger partial charge in [-0.25, -0.2) is 0 Å². The summed E-state index contributed by atoms with van der Waals surface area (Å²) < 4.78 is 0. The summed E-state index contributed by atoms with van der Waals surface area (Å²) in [6, 6.07) is 0. The Morgan fingerprint density at radius 1 is 0.962 bits per heavy atom. The molecule has 0 aliphatic heterocycles. The second kappa shape index (κ2) is 5.96. The predicted octanol–water partition coefficient (Wildman–Crippen LogP) is 5.02. The fourth-order valence-electron chi connectivity index (χ4n) is 9.59. The van der Waals surface area contributed by atoms with Crippen LogP contribution in [0.2, 0.25) is 0 Å². The average molecular weight is 361 g/mol. The number of hydrogen-bond donors (Lipinski definition) is 2. The molecule has 0 saturated heterocycles. The van der Waals surface area contributed by atoms with E-state index in [1.165, 1.54) is 38.5 Å². The number of aliphatic hydroxyl groups is 2. The van der Waals surface area contributed by atoms with Crippen molar-refractivity contribution in [2.45, 2.75) is 96.7 Å². The largest absolute Gasteiger partial charge is 0.393 e. The van der Waals surface area contributed by atoms with Crippen molar-refractivity contribution >= 4 is 0 Å². The molecule has 26 heavy (non-hydrogen) atoms. The van der Waals surface area contributed by atoms with Crippen LogP contribution < -0.4 is 0 Å². The van der Waals surface area contributed by atoms with Crippen LogP contribution in [0.5, 0.6) is 0 Å². The minimum absolute atomic E-state index is 0.119. The fourth-order valence-corrected chi connectivity index (χ4v) is 9.59. The summed E-state index contributed by atoms with van der Waals surface area (Å²) in [5.74, 6) is 6.75. The van der Waals surface area contributed by atoms with Crippen molar-refractivity contribution in [3.63, 3.8) is 0 Å². The lowest BCUT2D eigenvalue weighted by atomic mass is 9.47. The molecule has 5 rings (SSSR count). The molecule has 1 unspecified atom stereocenters. The van der Waals surface area contributed by atoms with Crippen molar-refractivity contribution in [2.24, 2.45) is 52.8 Å². The Balaban J connectivity index is 1.37. The van der Waals surface area contributed by atoms with Gasteiger partial charge in [0.25, 0.3) is 0 Å². The van der Waals surface area contributed by atoms with E-state index in [0.29, 0.717) is 11.3 Å². The number of rotatable bonds is 3. The first kappa shape index (κ1) is 18.0. The van der Waals surface area contributed by atoms with E-state index in [4.69, 9.17) is 0 Å². The molecule has 2 N–H and O–H groups in total. The smallest absolute Gasteiger partial charge is 0.0650 e. The first-order valence-electron chi connectivity index (χ1n) is 11.8. The second-order valence-corrected chi connectivity index (χ2v) is 11.4. The lowest BCUT2D eigenvalue weighted by molar-refractivity contribution is -0.121. The molecule has 5 fully saturated rings. The minimum Gasteiger partial charge on any atom is -0.393 e. The van der Waals surface area contributed by atoms with Crippen molar-refractivity contribution < 1.29 is 10.2 Å². The minimum atomic E-state index is -0.349. The molecule has 11 atom stereocenters.